The average Bonchev–Trinajstić information content (AvgIpc) is 3.23. The van der Waals surface area contributed by atoms with Crippen LogP contribution in [0.25, 0.3) is 0 Å². The van der Waals surface area contributed by atoms with Crippen LogP contribution in [0.15, 0.2) is 78.9 Å². The normalized spacial score (nSPS) is 19.5. The van der Waals surface area contributed by atoms with E-state index >= 15 is 0 Å². The molecule has 0 saturated carbocycles. The first-order chi connectivity index (χ1) is 16.5. The SMILES string of the molecule is Cc1ccc(C(=O)OC[C@H]2SC[C@H](OCc3ccccc3)[C@@H]2OC(=O)c2ccc(C)cc2)cc1. The van der Waals surface area contributed by atoms with Crippen molar-refractivity contribution in [1.82, 2.24) is 0 Å². The standard InChI is InChI=1S/C28H28O5S/c1-19-8-12-22(13-9-19)27(29)32-17-25-26(33-28(30)23-14-10-20(2)11-15-23)24(18-34-25)31-16-21-6-4-3-5-7-21/h3-15,24-26H,16-18H2,1-2H3/t24-,25+,26-/m0/s1. The molecule has 0 amide bonds. The van der Waals surface area contributed by atoms with E-state index in [-0.39, 0.29) is 18.0 Å². The molecule has 5 nitrogen and oxygen atoms in total. The molecule has 0 N–H and O–H groups in total. The molecule has 0 bridgehead atoms. The Morgan fingerprint density at radius 3 is 2.03 bits per heavy atom. The van der Waals surface area contributed by atoms with E-state index < -0.39 is 18.0 Å². The fourth-order valence-electron chi connectivity index (χ4n) is 3.67. The van der Waals surface area contributed by atoms with Crippen molar-refractivity contribution < 1.29 is 23.8 Å². The van der Waals surface area contributed by atoms with Gasteiger partial charge in [0.1, 0.15) is 18.8 Å². The van der Waals surface area contributed by atoms with Crippen molar-refractivity contribution in [2.24, 2.45) is 0 Å². The van der Waals surface area contributed by atoms with Gasteiger partial charge >= 0.3 is 11.9 Å². The minimum atomic E-state index is -0.534. The molecule has 176 valence electrons. The van der Waals surface area contributed by atoms with E-state index in [4.69, 9.17) is 14.2 Å². The zero-order valence-electron chi connectivity index (χ0n) is 19.3. The van der Waals surface area contributed by atoms with Crippen LogP contribution in [0.1, 0.15) is 37.4 Å². The summed E-state index contributed by atoms with van der Waals surface area (Å²) in [5, 5.41) is -0.218. The predicted molar refractivity (Wildman–Crippen MR) is 133 cm³/mol. The summed E-state index contributed by atoms with van der Waals surface area (Å²) < 4.78 is 17.7. The zero-order chi connectivity index (χ0) is 23.9. The summed E-state index contributed by atoms with van der Waals surface area (Å²) in [5.74, 6) is -0.153. The minimum Gasteiger partial charge on any atom is -0.461 e. The Morgan fingerprint density at radius 2 is 1.41 bits per heavy atom. The largest absolute Gasteiger partial charge is 0.461 e. The molecule has 0 aliphatic carbocycles. The highest BCUT2D eigenvalue weighted by Crippen LogP contribution is 2.33. The van der Waals surface area contributed by atoms with E-state index in [1.54, 1.807) is 36.0 Å². The molecule has 0 spiro atoms. The lowest BCUT2D eigenvalue weighted by Gasteiger charge is -2.24. The fraction of sp³-hybridized carbons (Fsp3) is 0.286. The third-order valence-electron chi connectivity index (χ3n) is 5.71. The smallest absolute Gasteiger partial charge is 0.338 e. The van der Waals surface area contributed by atoms with Crippen LogP contribution in [0.3, 0.4) is 0 Å². The lowest BCUT2D eigenvalue weighted by molar-refractivity contribution is -0.0484. The van der Waals surface area contributed by atoms with Crippen LogP contribution in [0, 0.1) is 13.8 Å². The van der Waals surface area contributed by atoms with E-state index in [1.165, 1.54) is 0 Å². The molecule has 6 heteroatoms. The molecule has 3 aromatic rings. The second-order valence-corrected chi connectivity index (χ2v) is 9.68. The van der Waals surface area contributed by atoms with Crippen LogP contribution < -0.4 is 0 Å². The lowest BCUT2D eigenvalue weighted by atomic mass is 10.1. The van der Waals surface area contributed by atoms with Gasteiger partial charge in [0.05, 0.1) is 23.0 Å². The summed E-state index contributed by atoms with van der Waals surface area (Å²) in [6.45, 7) is 4.48. The summed E-state index contributed by atoms with van der Waals surface area (Å²) in [5.41, 5.74) is 4.17. The quantitative estimate of drug-likeness (QED) is 0.407. The van der Waals surface area contributed by atoms with Gasteiger partial charge in [-0.05, 0) is 43.7 Å². The van der Waals surface area contributed by atoms with Crippen molar-refractivity contribution >= 4 is 23.7 Å². The van der Waals surface area contributed by atoms with Gasteiger partial charge in [-0.2, -0.15) is 0 Å². The lowest BCUT2D eigenvalue weighted by Crippen LogP contribution is -2.38. The molecule has 0 aromatic heterocycles. The van der Waals surface area contributed by atoms with Crippen LogP contribution in [0.5, 0.6) is 0 Å². The van der Waals surface area contributed by atoms with E-state index in [0.717, 1.165) is 16.7 Å². The van der Waals surface area contributed by atoms with Crippen LogP contribution >= 0.6 is 11.8 Å². The molecule has 3 atom stereocenters. The molecule has 4 rings (SSSR count). The maximum absolute atomic E-state index is 12.9. The van der Waals surface area contributed by atoms with Gasteiger partial charge in [0.15, 0.2) is 0 Å². The minimum absolute atomic E-state index is 0.133. The van der Waals surface area contributed by atoms with Gasteiger partial charge in [0.2, 0.25) is 0 Å². The highest BCUT2D eigenvalue weighted by Gasteiger charge is 2.41. The molecule has 0 unspecified atom stereocenters. The van der Waals surface area contributed by atoms with Crippen molar-refractivity contribution in [1.29, 1.82) is 0 Å². The summed E-state index contributed by atoms with van der Waals surface area (Å²) in [6.07, 6.45) is -0.837. The number of hydrogen-bond acceptors (Lipinski definition) is 6. The third kappa shape index (κ3) is 6.27. The maximum atomic E-state index is 12.9. The van der Waals surface area contributed by atoms with Crippen molar-refractivity contribution in [3.63, 3.8) is 0 Å². The van der Waals surface area contributed by atoms with Gasteiger partial charge < -0.3 is 14.2 Å². The molecule has 1 heterocycles. The molecule has 1 aliphatic rings. The first-order valence-electron chi connectivity index (χ1n) is 11.3. The summed E-state index contributed by atoms with van der Waals surface area (Å²) in [7, 11) is 0. The number of benzene rings is 3. The summed E-state index contributed by atoms with van der Waals surface area (Å²) in [4.78, 5) is 25.4. The number of rotatable bonds is 8. The molecule has 1 saturated heterocycles. The summed E-state index contributed by atoms with van der Waals surface area (Å²) in [6, 6.07) is 24.4. The molecule has 1 aliphatic heterocycles. The van der Waals surface area contributed by atoms with E-state index in [9.17, 15) is 9.59 Å². The number of carbonyl (C=O) groups excluding carboxylic acids is 2. The monoisotopic (exact) mass is 476 g/mol. The number of esters is 2. The predicted octanol–water partition coefficient (Wildman–Crippen LogP) is 5.39. The van der Waals surface area contributed by atoms with Crippen molar-refractivity contribution in [2.45, 2.75) is 37.9 Å². The Hall–Kier alpha value is -3.09. The van der Waals surface area contributed by atoms with Crippen LogP contribution in [0.2, 0.25) is 0 Å². The molecule has 1 fully saturated rings. The van der Waals surface area contributed by atoms with Gasteiger partial charge in [-0.1, -0.05) is 65.7 Å². The topological polar surface area (TPSA) is 61.8 Å². The molecule has 0 radical (unpaired) electrons. The van der Waals surface area contributed by atoms with Gasteiger partial charge in [-0.25, -0.2) is 9.59 Å². The number of ether oxygens (including phenoxy) is 3. The number of carbonyl (C=O) groups is 2. The molecular weight excluding hydrogens is 448 g/mol. The fourth-order valence-corrected chi connectivity index (χ4v) is 4.98. The Bertz CT molecular complexity index is 1100. The molecular formula is C28H28O5S. The van der Waals surface area contributed by atoms with Gasteiger partial charge in [0, 0.05) is 5.75 Å². The number of thioether (sulfide) groups is 1. The van der Waals surface area contributed by atoms with Crippen LogP contribution in [-0.4, -0.2) is 41.8 Å². The molecule has 34 heavy (non-hydrogen) atoms. The Morgan fingerprint density at radius 1 is 0.824 bits per heavy atom. The molecule has 3 aromatic carbocycles. The third-order valence-corrected chi connectivity index (χ3v) is 7.06. The zero-order valence-corrected chi connectivity index (χ0v) is 20.1. The van der Waals surface area contributed by atoms with Crippen LogP contribution in [-0.2, 0) is 20.8 Å². The number of hydrogen-bond donors (Lipinski definition) is 0. The van der Waals surface area contributed by atoms with Crippen LogP contribution in [0.4, 0.5) is 0 Å². The first kappa shape index (κ1) is 24.0. The summed E-state index contributed by atoms with van der Waals surface area (Å²) >= 11 is 1.59. The van der Waals surface area contributed by atoms with Crippen molar-refractivity contribution in [3.8, 4) is 0 Å². The van der Waals surface area contributed by atoms with Gasteiger partial charge in [-0.3, -0.25) is 0 Å². The Balaban J connectivity index is 1.43. The van der Waals surface area contributed by atoms with Gasteiger partial charge in [0.25, 0.3) is 0 Å². The van der Waals surface area contributed by atoms with Gasteiger partial charge in [-0.15, -0.1) is 11.8 Å². The Kier molecular flexibility index (Phi) is 8.03. The van der Waals surface area contributed by atoms with E-state index in [2.05, 4.69) is 0 Å². The average molecular weight is 477 g/mol. The number of aryl methyl sites for hydroxylation is 2. The first-order valence-corrected chi connectivity index (χ1v) is 12.3. The van der Waals surface area contributed by atoms with E-state index in [1.807, 2.05) is 68.4 Å². The van der Waals surface area contributed by atoms with E-state index in [0.29, 0.717) is 23.5 Å². The van der Waals surface area contributed by atoms with Crippen molar-refractivity contribution in [2.75, 3.05) is 12.4 Å². The second-order valence-electron chi connectivity index (χ2n) is 8.41. The maximum Gasteiger partial charge on any atom is 0.338 e. The highest BCUT2D eigenvalue weighted by atomic mass is 32.2. The highest BCUT2D eigenvalue weighted by molar-refractivity contribution is 8.00. The van der Waals surface area contributed by atoms with Crippen molar-refractivity contribution in [3.05, 3.63) is 107 Å². The Labute approximate surface area is 204 Å². The second kappa shape index (κ2) is 11.4.